The Morgan fingerprint density at radius 2 is 1.41 bits per heavy atom. The number of esters is 1. The fourth-order valence-electron chi connectivity index (χ4n) is 4.55. The Bertz CT molecular complexity index is 1040. The maximum absolute atomic E-state index is 12.9. The summed E-state index contributed by atoms with van der Waals surface area (Å²) in [6, 6.07) is 13.3. The molecule has 0 unspecified atom stereocenters. The molecule has 2 aliphatic rings. The van der Waals surface area contributed by atoms with Crippen molar-refractivity contribution in [1.82, 2.24) is 0 Å². The van der Waals surface area contributed by atoms with Gasteiger partial charge in [0.25, 0.3) is 5.91 Å². The Labute approximate surface area is 186 Å². The number of benzene rings is 2. The molecule has 1 saturated carbocycles. The zero-order chi connectivity index (χ0) is 22.7. The van der Waals surface area contributed by atoms with Crippen LogP contribution in [0.15, 0.2) is 48.5 Å². The van der Waals surface area contributed by atoms with Gasteiger partial charge in [0.05, 0.1) is 12.3 Å². The van der Waals surface area contributed by atoms with Crippen molar-refractivity contribution < 1.29 is 23.9 Å². The third kappa shape index (κ3) is 4.56. The highest BCUT2D eigenvalue weighted by atomic mass is 16.6. The summed E-state index contributed by atoms with van der Waals surface area (Å²) in [7, 11) is 0. The minimum absolute atomic E-state index is 0.0385. The molecule has 1 heterocycles. The summed E-state index contributed by atoms with van der Waals surface area (Å²) in [5.41, 5.74) is 1.48. The van der Waals surface area contributed by atoms with Crippen molar-refractivity contribution >= 4 is 34.9 Å². The third-order valence-corrected chi connectivity index (χ3v) is 6.30. The molecule has 32 heavy (non-hydrogen) atoms. The van der Waals surface area contributed by atoms with Crippen molar-refractivity contribution in [3.8, 4) is 0 Å². The summed E-state index contributed by atoms with van der Waals surface area (Å²) >= 11 is 0. The average molecular weight is 434 g/mol. The Kier molecular flexibility index (Phi) is 6.08. The zero-order valence-corrected chi connectivity index (χ0v) is 18.0. The molecule has 2 fully saturated rings. The zero-order valence-electron chi connectivity index (χ0n) is 18.0. The second-order valence-electron chi connectivity index (χ2n) is 8.51. The molecule has 1 aliphatic carbocycles. The topological polar surface area (TPSA) is 102 Å². The molecule has 2 aromatic carbocycles. The lowest BCUT2D eigenvalue weighted by molar-refractivity contribution is -0.153. The molecule has 2 amide bonds. The molecule has 1 aliphatic heterocycles. The van der Waals surface area contributed by atoms with Gasteiger partial charge in [-0.2, -0.15) is 0 Å². The fraction of sp³-hybridized carbons (Fsp3) is 0.360. The molecular formula is C25H26N2O5. The number of nitrogens with one attached hydrogen (secondary N) is 2. The number of hydrogen-bond acceptors (Lipinski definition) is 5. The summed E-state index contributed by atoms with van der Waals surface area (Å²) in [5.74, 6) is -1.36. The maximum atomic E-state index is 12.9. The van der Waals surface area contributed by atoms with Crippen molar-refractivity contribution in [2.75, 3.05) is 10.6 Å². The largest absolute Gasteiger partial charge is 0.458 e. The smallest absolute Gasteiger partial charge is 0.307 e. The third-order valence-electron chi connectivity index (χ3n) is 6.30. The second-order valence-corrected chi connectivity index (χ2v) is 8.51. The van der Waals surface area contributed by atoms with E-state index < -0.39 is 11.5 Å². The first-order valence-corrected chi connectivity index (χ1v) is 10.9. The molecular weight excluding hydrogens is 408 g/mol. The van der Waals surface area contributed by atoms with Gasteiger partial charge in [0.2, 0.25) is 5.91 Å². The first-order chi connectivity index (χ1) is 15.4. The number of rotatable bonds is 5. The molecule has 2 N–H and O–H groups in total. The molecule has 2 aromatic rings. The number of carbonyl (C=O) groups is 4. The molecule has 1 atom stereocenters. The van der Waals surface area contributed by atoms with Crippen LogP contribution in [0.3, 0.4) is 0 Å². The lowest BCUT2D eigenvalue weighted by atomic mass is 9.75. The van der Waals surface area contributed by atoms with Crippen molar-refractivity contribution in [2.24, 2.45) is 5.92 Å². The van der Waals surface area contributed by atoms with Gasteiger partial charge in [-0.15, -0.1) is 0 Å². The molecule has 7 nitrogen and oxygen atoms in total. The molecule has 0 radical (unpaired) electrons. The van der Waals surface area contributed by atoms with Crippen LogP contribution in [0.1, 0.15) is 66.2 Å². The lowest BCUT2D eigenvalue weighted by Gasteiger charge is -2.36. The number of amides is 2. The number of carbonyl (C=O) groups excluding carboxylic acids is 4. The lowest BCUT2D eigenvalue weighted by Crippen LogP contribution is -2.43. The van der Waals surface area contributed by atoms with E-state index in [1.54, 1.807) is 48.5 Å². The average Bonchev–Trinajstić information content (AvgIpc) is 3.10. The van der Waals surface area contributed by atoms with Crippen LogP contribution in [0.4, 0.5) is 11.4 Å². The van der Waals surface area contributed by atoms with Gasteiger partial charge >= 0.3 is 5.97 Å². The highest BCUT2D eigenvalue weighted by molar-refractivity contribution is 6.05. The van der Waals surface area contributed by atoms with Crippen molar-refractivity contribution in [3.63, 3.8) is 0 Å². The fourth-order valence-corrected chi connectivity index (χ4v) is 4.55. The molecule has 0 bridgehead atoms. The molecule has 166 valence electrons. The Morgan fingerprint density at radius 3 is 2.00 bits per heavy atom. The van der Waals surface area contributed by atoms with Crippen LogP contribution in [-0.4, -0.2) is 29.2 Å². The van der Waals surface area contributed by atoms with E-state index in [0.29, 0.717) is 22.5 Å². The van der Waals surface area contributed by atoms with Gasteiger partial charge in [-0.3, -0.25) is 19.2 Å². The summed E-state index contributed by atoms with van der Waals surface area (Å²) in [6.45, 7) is 1.49. The molecule has 4 rings (SSSR count). The maximum Gasteiger partial charge on any atom is 0.307 e. The van der Waals surface area contributed by atoms with Crippen LogP contribution in [0.2, 0.25) is 0 Å². The van der Waals surface area contributed by atoms with Crippen LogP contribution in [0.5, 0.6) is 0 Å². The SMILES string of the molecule is CC(=O)c1ccc(NC(=O)c2ccc(NC(=O)[C@@H]3CC(=O)OC34CCCCC4)cc2)cc1. The van der Waals surface area contributed by atoms with Gasteiger partial charge in [0.1, 0.15) is 5.60 Å². The van der Waals surface area contributed by atoms with Gasteiger partial charge in [-0.25, -0.2) is 0 Å². The van der Waals surface area contributed by atoms with Crippen LogP contribution in [-0.2, 0) is 14.3 Å². The number of ether oxygens (including phenoxy) is 1. The van der Waals surface area contributed by atoms with Crippen LogP contribution < -0.4 is 10.6 Å². The molecule has 1 saturated heterocycles. The van der Waals surface area contributed by atoms with Crippen molar-refractivity contribution in [3.05, 3.63) is 59.7 Å². The minimum Gasteiger partial charge on any atom is -0.458 e. The van der Waals surface area contributed by atoms with E-state index in [-0.39, 0.29) is 30.0 Å². The standard InChI is InChI=1S/C25H26N2O5/c1-16(28)17-5-9-19(10-6-17)26-23(30)18-7-11-20(12-8-18)27-24(31)21-15-22(29)32-25(21)13-3-2-4-14-25/h5-12,21H,2-4,13-15H2,1H3,(H,26,30)(H,27,31)/t21-/m0/s1. The molecule has 7 heteroatoms. The van der Waals surface area contributed by atoms with E-state index >= 15 is 0 Å². The number of Topliss-reactive ketones (excluding diaryl/α,β-unsaturated/α-hetero) is 1. The Morgan fingerprint density at radius 1 is 0.844 bits per heavy atom. The Balaban J connectivity index is 1.39. The van der Waals surface area contributed by atoms with Crippen molar-refractivity contribution in [1.29, 1.82) is 0 Å². The van der Waals surface area contributed by atoms with E-state index in [1.807, 2.05) is 0 Å². The van der Waals surface area contributed by atoms with Gasteiger partial charge in [0, 0.05) is 22.5 Å². The predicted molar refractivity (Wildman–Crippen MR) is 119 cm³/mol. The van der Waals surface area contributed by atoms with Crippen LogP contribution in [0.25, 0.3) is 0 Å². The summed E-state index contributed by atoms with van der Waals surface area (Å²) in [5, 5.41) is 5.66. The number of ketones is 1. The summed E-state index contributed by atoms with van der Waals surface area (Å²) in [4.78, 5) is 48.7. The molecule has 0 aromatic heterocycles. The van der Waals surface area contributed by atoms with E-state index in [2.05, 4.69) is 10.6 Å². The number of anilines is 2. The van der Waals surface area contributed by atoms with Crippen LogP contribution >= 0.6 is 0 Å². The van der Waals surface area contributed by atoms with Crippen molar-refractivity contribution in [2.45, 2.75) is 51.0 Å². The first-order valence-electron chi connectivity index (χ1n) is 10.9. The van der Waals surface area contributed by atoms with E-state index in [9.17, 15) is 19.2 Å². The van der Waals surface area contributed by atoms with E-state index in [1.165, 1.54) is 6.92 Å². The summed E-state index contributed by atoms with van der Waals surface area (Å²) < 4.78 is 5.62. The quantitative estimate of drug-likeness (QED) is 0.538. The first kappa shape index (κ1) is 21.7. The monoisotopic (exact) mass is 434 g/mol. The number of hydrogen-bond donors (Lipinski definition) is 2. The Hall–Kier alpha value is -3.48. The van der Waals surface area contributed by atoms with E-state index in [0.717, 1.165) is 32.1 Å². The highest BCUT2D eigenvalue weighted by Crippen LogP contribution is 2.44. The molecule has 1 spiro atoms. The normalized spacial score (nSPS) is 19.3. The van der Waals surface area contributed by atoms with E-state index in [4.69, 9.17) is 4.74 Å². The van der Waals surface area contributed by atoms with Gasteiger partial charge < -0.3 is 15.4 Å². The summed E-state index contributed by atoms with van der Waals surface area (Å²) in [6.07, 6.45) is 4.57. The minimum atomic E-state index is -0.669. The van der Waals surface area contributed by atoms with Crippen LogP contribution in [0, 0.1) is 5.92 Å². The van der Waals surface area contributed by atoms with Gasteiger partial charge in [0.15, 0.2) is 5.78 Å². The predicted octanol–water partition coefficient (Wildman–Crippen LogP) is 4.35. The highest BCUT2D eigenvalue weighted by Gasteiger charge is 2.52. The van der Waals surface area contributed by atoms with Gasteiger partial charge in [-0.1, -0.05) is 6.42 Å². The second kappa shape index (κ2) is 8.94. The van der Waals surface area contributed by atoms with Gasteiger partial charge in [-0.05, 0) is 81.1 Å².